The minimum Gasteiger partial charge on any atom is -0.348 e. The number of nitrogens with zero attached hydrogens (tertiary/aromatic N) is 2. The topological polar surface area (TPSA) is 73.3 Å². The van der Waals surface area contributed by atoms with Gasteiger partial charge in [-0.3, -0.25) is 15.1 Å². The number of thiazole rings is 1. The molecule has 4 aromatic rings. The molecule has 0 bridgehead atoms. The van der Waals surface area contributed by atoms with E-state index >= 15 is 0 Å². The average Bonchev–Trinajstić information content (AvgIpc) is 3.35. The van der Waals surface area contributed by atoms with Crippen molar-refractivity contribution < 1.29 is 23.0 Å². The van der Waals surface area contributed by atoms with E-state index in [0.29, 0.717) is 39.5 Å². The number of carbonyl (C=O) groups is 1. The van der Waals surface area contributed by atoms with Crippen LogP contribution in [0.15, 0.2) is 54.7 Å². The number of benzene rings is 2. The van der Waals surface area contributed by atoms with Crippen LogP contribution in [0.1, 0.15) is 29.8 Å². The number of hydrogen-bond donors (Lipinski definition) is 1. The third-order valence-corrected chi connectivity index (χ3v) is 6.35. The average molecular weight is 482 g/mol. The monoisotopic (exact) mass is 481 g/mol. The molecule has 1 aliphatic rings. The molecule has 3 heterocycles. The summed E-state index contributed by atoms with van der Waals surface area (Å²) in [5.41, 5.74) is 2.47. The van der Waals surface area contributed by atoms with Crippen molar-refractivity contribution in [1.82, 2.24) is 9.97 Å². The predicted octanol–water partition coefficient (Wildman–Crippen LogP) is 5.58. The molecule has 1 atom stereocenters. The molecule has 0 saturated carbocycles. The Morgan fingerprint density at radius 2 is 1.97 bits per heavy atom. The lowest BCUT2D eigenvalue weighted by Gasteiger charge is -2.17. The summed E-state index contributed by atoms with van der Waals surface area (Å²) >= 11 is 1.19. The van der Waals surface area contributed by atoms with Gasteiger partial charge < -0.3 is 9.47 Å². The van der Waals surface area contributed by atoms with Gasteiger partial charge in [0.05, 0.1) is 22.9 Å². The Morgan fingerprint density at radius 3 is 2.68 bits per heavy atom. The maximum atomic E-state index is 14.8. The number of nitrogens with one attached hydrogen (secondary N) is 1. The first kappa shape index (κ1) is 22.5. The van der Waals surface area contributed by atoms with E-state index in [0.717, 1.165) is 5.56 Å². The van der Waals surface area contributed by atoms with Gasteiger partial charge in [0, 0.05) is 23.7 Å². The van der Waals surface area contributed by atoms with Crippen LogP contribution in [0.4, 0.5) is 13.9 Å². The van der Waals surface area contributed by atoms with Crippen LogP contribution in [-0.4, -0.2) is 34.4 Å². The molecule has 0 unspecified atom stereocenters. The van der Waals surface area contributed by atoms with Crippen LogP contribution in [0.5, 0.6) is 0 Å². The van der Waals surface area contributed by atoms with Crippen LogP contribution in [0.25, 0.3) is 21.5 Å². The molecule has 1 fully saturated rings. The van der Waals surface area contributed by atoms with Gasteiger partial charge in [-0.25, -0.2) is 13.8 Å². The van der Waals surface area contributed by atoms with Gasteiger partial charge in [-0.1, -0.05) is 23.5 Å². The van der Waals surface area contributed by atoms with Gasteiger partial charge in [0.15, 0.2) is 10.9 Å². The molecular weight excluding hydrogens is 460 g/mol. The molecule has 0 aliphatic carbocycles. The quantitative estimate of drug-likeness (QED) is 0.403. The summed E-state index contributed by atoms with van der Waals surface area (Å²) in [6, 6.07) is 12.2. The van der Waals surface area contributed by atoms with Crippen molar-refractivity contribution in [2.45, 2.75) is 32.2 Å². The standard InChI is InChI=1S/C25H21F2N3O3S/c1-25(2)32-13-18(33-25)9-14-10-19(27)22(28-12-14)15-3-5-16(6-4-15)23(31)30-24-29-20-8-7-17(26)11-21(20)34-24/h3-8,10-12,18H,9,13H2,1-2H3,(H,29,30,31)/t18-/m1/s1. The van der Waals surface area contributed by atoms with Crippen molar-refractivity contribution in [2.24, 2.45) is 0 Å². The van der Waals surface area contributed by atoms with Crippen LogP contribution in [0.2, 0.25) is 0 Å². The Morgan fingerprint density at radius 1 is 1.18 bits per heavy atom. The number of amides is 1. The van der Waals surface area contributed by atoms with Crippen molar-refractivity contribution in [2.75, 3.05) is 11.9 Å². The van der Waals surface area contributed by atoms with Crippen molar-refractivity contribution in [3.63, 3.8) is 0 Å². The van der Waals surface area contributed by atoms with Crippen LogP contribution in [0.3, 0.4) is 0 Å². The molecule has 1 N–H and O–H groups in total. The second-order valence-corrected chi connectivity index (χ2v) is 9.52. The SMILES string of the molecule is CC1(C)OC[C@@H](Cc2cnc(-c3ccc(C(=O)Nc4nc5ccc(F)cc5s4)cc3)c(F)c2)O1. The summed E-state index contributed by atoms with van der Waals surface area (Å²) in [6.45, 7) is 4.14. The molecule has 0 radical (unpaired) electrons. The minimum absolute atomic E-state index is 0.144. The highest BCUT2D eigenvalue weighted by molar-refractivity contribution is 7.22. The fourth-order valence-electron chi connectivity index (χ4n) is 3.83. The zero-order valence-corrected chi connectivity index (χ0v) is 19.3. The lowest BCUT2D eigenvalue weighted by Crippen LogP contribution is -2.22. The maximum Gasteiger partial charge on any atom is 0.257 e. The molecule has 1 aliphatic heterocycles. The van der Waals surface area contributed by atoms with E-state index in [9.17, 15) is 13.6 Å². The molecule has 34 heavy (non-hydrogen) atoms. The van der Waals surface area contributed by atoms with E-state index in [1.807, 2.05) is 13.8 Å². The summed E-state index contributed by atoms with van der Waals surface area (Å²) in [4.78, 5) is 21.2. The largest absolute Gasteiger partial charge is 0.348 e. The van der Waals surface area contributed by atoms with Crippen molar-refractivity contribution in [3.8, 4) is 11.3 Å². The smallest absolute Gasteiger partial charge is 0.257 e. The second kappa shape index (κ2) is 8.83. The Bertz CT molecular complexity index is 1370. The first-order valence-corrected chi connectivity index (χ1v) is 11.5. The van der Waals surface area contributed by atoms with Crippen LogP contribution >= 0.6 is 11.3 Å². The summed E-state index contributed by atoms with van der Waals surface area (Å²) < 4.78 is 40.1. The molecular formula is C25H21F2N3O3S. The first-order valence-electron chi connectivity index (χ1n) is 10.7. The van der Waals surface area contributed by atoms with Gasteiger partial charge >= 0.3 is 0 Å². The van der Waals surface area contributed by atoms with E-state index in [1.165, 1.54) is 29.5 Å². The Hall–Kier alpha value is -3.27. The number of rotatable bonds is 5. The number of pyridine rings is 1. The molecule has 2 aromatic carbocycles. The van der Waals surface area contributed by atoms with Crippen molar-refractivity contribution >= 4 is 32.6 Å². The maximum absolute atomic E-state index is 14.8. The number of carbonyl (C=O) groups excluding carboxylic acids is 1. The Balaban J connectivity index is 1.27. The van der Waals surface area contributed by atoms with E-state index in [-0.39, 0.29) is 23.5 Å². The van der Waals surface area contributed by atoms with E-state index in [1.54, 1.807) is 36.5 Å². The van der Waals surface area contributed by atoms with Gasteiger partial charge in [-0.05, 0) is 55.8 Å². The normalized spacial score (nSPS) is 17.2. The molecule has 9 heteroatoms. The molecule has 2 aromatic heterocycles. The highest BCUT2D eigenvalue weighted by Gasteiger charge is 2.32. The molecule has 174 valence electrons. The van der Waals surface area contributed by atoms with Gasteiger partial charge in [-0.2, -0.15) is 0 Å². The minimum atomic E-state index is -0.629. The van der Waals surface area contributed by atoms with E-state index < -0.39 is 11.6 Å². The predicted molar refractivity (Wildman–Crippen MR) is 126 cm³/mol. The van der Waals surface area contributed by atoms with Crippen molar-refractivity contribution in [1.29, 1.82) is 0 Å². The third kappa shape index (κ3) is 4.82. The summed E-state index contributed by atoms with van der Waals surface area (Å²) in [7, 11) is 0. The lowest BCUT2D eigenvalue weighted by atomic mass is 10.1. The number of fused-ring (bicyclic) bond motifs is 1. The Labute approximate surface area is 198 Å². The van der Waals surface area contributed by atoms with Crippen LogP contribution in [0, 0.1) is 11.6 Å². The molecule has 1 amide bonds. The van der Waals surface area contributed by atoms with Gasteiger partial charge in [0.2, 0.25) is 0 Å². The number of aromatic nitrogens is 2. The van der Waals surface area contributed by atoms with Gasteiger partial charge in [0.25, 0.3) is 5.91 Å². The van der Waals surface area contributed by atoms with Crippen LogP contribution in [-0.2, 0) is 15.9 Å². The third-order valence-electron chi connectivity index (χ3n) is 5.42. The number of anilines is 1. The zero-order chi connectivity index (χ0) is 23.9. The van der Waals surface area contributed by atoms with Gasteiger partial charge in [0.1, 0.15) is 17.3 Å². The number of ether oxygens (including phenoxy) is 2. The molecule has 0 spiro atoms. The first-order chi connectivity index (χ1) is 16.3. The van der Waals surface area contributed by atoms with E-state index in [4.69, 9.17) is 9.47 Å². The number of hydrogen-bond acceptors (Lipinski definition) is 6. The van der Waals surface area contributed by atoms with E-state index in [2.05, 4.69) is 15.3 Å². The number of halogens is 2. The summed E-state index contributed by atoms with van der Waals surface area (Å²) in [5, 5.41) is 3.09. The Kier molecular flexibility index (Phi) is 5.85. The van der Waals surface area contributed by atoms with Crippen molar-refractivity contribution in [3.05, 3.63) is 77.5 Å². The highest BCUT2D eigenvalue weighted by atomic mass is 32.1. The fraction of sp³-hybridized carbons (Fsp3) is 0.240. The molecule has 5 rings (SSSR count). The van der Waals surface area contributed by atoms with Gasteiger partial charge in [-0.15, -0.1) is 0 Å². The fourth-order valence-corrected chi connectivity index (χ4v) is 4.71. The second-order valence-electron chi connectivity index (χ2n) is 8.49. The summed E-state index contributed by atoms with van der Waals surface area (Å²) in [6.07, 6.45) is 1.99. The molecule has 1 saturated heterocycles. The lowest BCUT2D eigenvalue weighted by molar-refractivity contribution is -0.138. The highest BCUT2D eigenvalue weighted by Crippen LogP contribution is 2.28. The summed E-state index contributed by atoms with van der Waals surface area (Å²) in [5.74, 6) is -1.80. The zero-order valence-electron chi connectivity index (χ0n) is 18.5. The van der Waals surface area contributed by atoms with Crippen LogP contribution < -0.4 is 5.32 Å². The molecule has 6 nitrogen and oxygen atoms in total.